The van der Waals surface area contributed by atoms with Gasteiger partial charge in [0.05, 0.1) is 47.2 Å². The Bertz CT molecular complexity index is 1940. The van der Waals surface area contributed by atoms with Gasteiger partial charge in [0, 0.05) is 32.0 Å². The van der Waals surface area contributed by atoms with Crippen molar-refractivity contribution in [2.45, 2.75) is 104 Å². The van der Waals surface area contributed by atoms with Gasteiger partial charge in [-0.3, -0.25) is 29.2 Å². The maximum atomic E-state index is 14.0. The molecular formula is C43H67N15O4. The zero-order chi connectivity index (χ0) is 46.0. The first-order chi connectivity index (χ1) is 29.2. The number of carbonyl (C=O) groups is 4. The number of unbranched alkanes of at least 4 members (excludes halogenated alkanes) is 3. The number of nitrogens with one attached hydrogen (secondary N) is 6. The van der Waals surface area contributed by atoms with Crippen molar-refractivity contribution in [3.63, 3.8) is 0 Å². The van der Waals surface area contributed by atoms with Gasteiger partial charge in [-0.25, -0.2) is 9.97 Å². The molecule has 0 aliphatic heterocycles. The van der Waals surface area contributed by atoms with E-state index in [9.17, 15) is 19.2 Å². The summed E-state index contributed by atoms with van der Waals surface area (Å²) in [6, 6.07) is 8.64. The molecule has 0 saturated heterocycles. The fraction of sp³-hybridized carbons (Fsp3) is 0.488. The minimum Gasteiger partial charge on any atom is -0.380 e. The number of anilines is 6. The predicted octanol–water partition coefficient (Wildman–Crippen LogP) is 4.53. The van der Waals surface area contributed by atoms with E-state index in [1.165, 1.54) is 6.07 Å². The molecule has 0 saturated carbocycles. The highest BCUT2D eigenvalue weighted by Crippen LogP contribution is 2.39. The van der Waals surface area contributed by atoms with Crippen molar-refractivity contribution in [3.8, 4) is 0 Å². The van der Waals surface area contributed by atoms with Gasteiger partial charge >= 0.3 is 0 Å². The van der Waals surface area contributed by atoms with E-state index in [2.05, 4.69) is 58.8 Å². The molecule has 1 heterocycles. The zero-order valence-corrected chi connectivity index (χ0v) is 37.3. The van der Waals surface area contributed by atoms with E-state index >= 15 is 0 Å². The molecule has 19 heteroatoms. The van der Waals surface area contributed by atoms with Crippen molar-refractivity contribution in [1.82, 2.24) is 9.97 Å². The number of nitrogens with zero attached hydrogens (tertiary/aromatic N) is 4. The van der Waals surface area contributed by atoms with E-state index in [0.29, 0.717) is 59.9 Å². The molecule has 62 heavy (non-hydrogen) atoms. The second-order valence-electron chi connectivity index (χ2n) is 16.9. The fourth-order valence-corrected chi connectivity index (χ4v) is 6.03. The van der Waals surface area contributed by atoms with Crippen LogP contribution in [0.3, 0.4) is 0 Å². The molecule has 0 spiro atoms. The highest BCUT2D eigenvalue weighted by Gasteiger charge is 2.25. The molecule has 0 fully saturated rings. The Balaban J connectivity index is 2.05. The smallest absolute Gasteiger partial charge is 0.274 e. The number of benzene rings is 2. The van der Waals surface area contributed by atoms with E-state index in [0.717, 1.165) is 36.7 Å². The van der Waals surface area contributed by atoms with Gasteiger partial charge in [0.25, 0.3) is 11.8 Å². The van der Waals surface area contributed by atoms with Crippen molar-refractivity contribution in [3.05, 3.63) is 59.2 Å². The number of hydrogen-bond donors (Lipinski definition) is 11. The first-order valence-electron chi connectivity index (χ1n) is 20.9. The van der Waals surface area contributed by atoms with E-state index in [-0.39, 0.29) is 73.1 Å². The second-order valence-corrected chi connectivity index (χ2v) is 16.9. The van der Waals surface area contributed by atoms with Gasteiger partial charge in [0.1, 0.15) is 17.7 Å². The van der Waals surface area contributed by atoms with E-state index < -0.39 is 17.2 Å². The summed E-state index contributed by atoms with van der Waals surface area (Å²) in [6.07, 6.45) is 5.62. The van der Waals surface area contributed by atoms with Gasteiger partial charge in [-0.15, -0.1) is 0 Å². The van der Waals surface area contributed by atoms with Gasteiger partial charge < -0.3 is 60.6 Å². The Kier molecular flexibility index (Phi) is 18.9. The molecule has 0 aliphatic carbocycles. The lowest BCUT2D eigenvalue weighted by Gasteiger charge is -2.25. The van der Waals surface area contributed by atoms with Gasteiger partial charge in [-0.05, 0) is 72.0 Å². The van der Waals surface area contributed by atoms with Crippen molar-refractivity contribution in [2.24, 2.45) is 38.7 Å². The second kappa shape index (κ2) is 23.5. The van der Waals surface area contributed by atoms with E-state index in [1.807, 2.05) is 65.8 Å². The van der Waals surface area contributed by atoms with Gasteiger partial charge in [0.2, 0.25) is 11.8 Å². The van der Waals surface area contributed by atoms with Crippen molar-refractivity contribution in [1.29, 1.82) is 0 Å². The third-order valence-electron chi connectivity index (χ3n) is 9.47. The minimum atomic E-state index is -0.648. The summed E-state index contributed by atoms with van der Waals surface area (Å²) in [7, 11) is 0. The molecule has 1 aromatic heterocycles. The Morgan fingerprint density at radius 1 is 0.581 bits per heavy atom. The Hall–Kier alpha value is -6.50. The standard InChI is InChI=1S/C43H67N15O4/c1-8-9-10-13-34(59)55-28-20-26(42(2,3)4)22-30(36(28)49-16-18-51-40(45)46)57-38(61)32-24-33(54-25-53-32)39(62)58-31-23-27(43(5,6)7)21-29(56-35(60)14-11-12-15-44)37(31)50-17-19-52-41(47)48/h20-25,49-50H,8-19,44H2,1-7H3,(H,55,59)(H,56,60)(H,57,61)(H,58,62)(H4,45,46,51)(H4,47,48,52). The van der Waals surface area contributed by atoms with Crippen LogP contribution in [0, 0.1) is 0 Å². The predicted molar refractivity (Wildman–Crippen MR) is 251 cm³/mol. The van der Waals surface area contributed by atoms with Crippen LogP contribution >= 0.6 is 0 Å². The van der Waals surface area contributed by atoms with Gasteiger partial charge in [-0.2, -0.15) is 0 Å². The zero-order valence-electron chi connectivity index (χ0n) is 37.3. The average Bonchev–Trinajstić information content (AvgIpc) is 3.18. The van der Waals surface area contributed by atoms with Crippen LogP contribution in [0.25, 0.3) is 0 Å². The molecule has 338 valence electrons. The maximum absolute atomic E-state index is 14.0. The monoisotopic (exact) mass is 858 g/mol. The van der Waals surface area contributed by atoms with Crippen LogP contribution < -0.4 is 60.6 Å². The van der Waals surface area contributed by atoms with Crippen molar-refractivity contribution < 1.29 is 19.2 Å². The number of carbonyl (C=O) groups excluding carboxylic acids is 4. The van der Waals surface area contributed by atoms with Crippen molar-refractivity contribution >= 4 is 69.7 Å². The van der Waals surface area contributed by atoms with Crippen LogP contribution in [0.4, 0.5) is 34.1 Å². The number of aliphatic imine (C=N–C) groups is 2. The van der Waals surface area contributed by atoms with Gasteiger partial charge in [0.15, 0.2) is 11.9 Å². The summed E-state index contributed by atoms with van der Waals surface area (Å²) in [5, 5.41) is 18.4. The number of rotatable bonds is 22. The molecule has 0 bridgehead atoms. The maximum Gasteiger partial charge on any atom is 0.274 e. The molecule has 19 nitrogen and oxygen atoms in total. The third-order valence-corrected chi connectivity index (χ3v) is 9.47. The van der Waals surface area contributed by atoms with E-state index in [1.54, 1.807) is 0 Å². The summed E-state index contributed by atoms with van der Waals surface area (Å²) in [6.45, 7) is 15.6. The summed E-state index contributed by atoms with van der Waals surface area (Å²) in [5.41, 5.74) is 31.0. The minimum absolute atomic E-state index is 0.0741. The van der Waals surface area contributed by atoms with Crippen LogP contribution in [0.5, 0.6) is 0 Å². The van der Waals surface area contributed by atoms with Gasteiger partial charge in [-0.1, -0.05) is 61.3 Å². The largest absolute Gasteiger partial charge is 0.380 e. The lowest BCUT2D eigenvalue weighted by Crippen LogP contribution is -2.24. The Morgan fingerprint density at radius 2 is 0.968 bits per heavy atom. The summed E-state index contributed by atoms with van der Waals surface area (Å²) >= 11 is 0. The lowest BCUT2D eigenvalue weighted by molar-refractivity contribution is -0.117. The number of aromatic nitrogens is 2. The molecule has 0 unspecified atom stereocenters. The molecule has 0 aliphatic rings. The lowest BCUT2D eigenvalue weighted by atomic mass is 9.86. The topological polar surface area (TPSA) is 321 Å². The van der Waals surface area contributed by atoms with Crippen LogP contribution in [0.15, 0.2) is 46.6 Å². The molecule has 4 amide bonds. The number of hydrogen-bond acceptors (Lipinski definition) is 11. The summed E-state index contributed by atoms with van der Waals surface area (Å²) in [5.74, 6) is -1.83. The highest BCUT2D eigenvalue weighted by molar-refractivity contribution is 6.10. The number of nitrogens with two attached hydrogens (primary N) is 5. The number of guanidine groups is 2. The molecule has 0 radical (unpaired) electrons. The molecular weight excluding hydrogens is 791 g/mol. The SMILES string of the molecule is CCCCCC(=O)Nc1cc(C(C)(C)C)cc(NC(=O)c2cc(C(=O)Nc3cc(C(C)(C)C)cc(NC(=O)CCCCN)c3NCCN=C(N)N)ncn2)c1NCCN=C(N)N. The van der Waals surface area contributed by atoms with Crippen LogP contribution in [-0.2, 0) is 20.4 Å². The Morgan fingerprint density at radius 3 is 1.32 bits per heavy atom. The summed E-state index contributed by atoms with van der Waals surface area (Å²) in [4.78, 5) is 70.8. The quantitative estimate of drug-likeness (QED) is 0.0376. The Labute approximate surface area is 364 Å². The van der Waals surface area contributed by atoms with Crippen LogP contribution in [0.1, 0.15) is 126 Å². The molecule has 3 rings (SSSR count). The average molecular weight is 858 g/mol. The van der Waals surface area contributed by atoms with E-state index in [4.69, 9.17) is 28.7 Å². The van der Waals surface area contributed by atoms with Crippen molar-refractivity contribution in [2.75, 3.05) is 64.6 Å². The molecule has 3 aromatic rings. The normalized spacial score (nSPS) is 11.2. The van der Waals surface area contributed by atoms with Crippen LogP contribution in [-0.4, -0.2) is 78.2 Å². The summed E-state index contributed by atoms with van der Waals surface area (Å²) < 4.78 is 0. The fourth-order valence-electron chi connectivity index (χ4n) is 6.03. The first-order valence-corrected chi connectivity index (χ1v) is 20.9. The first kappa shape index (κ1) is 49.9. The number of amides is 4. The third kappa shape index (κ3) is 16.2. The molecule has 16 N–H and O–H groups in total. The molecule has 2 aromatic carbocycles. The van der Waals surface area contributed by atoms with Crippen LogP contribution in [0.2, 0.25) is 0 Å². The molecule has 0 atom stereocenters. The highest BCUT2D eigenvalue weighted by atomic mass is 16.2.